The standard InChI is InChI=1S/C13H15F3N2OS2/c14-13(15,16)11(19)9-1-3-10(4-2-9)17-5-7-18(8-6-17)12(20)21/h1-4,12,20-21H,5-8H2. The third-order valence-electron chi connectivity index (χ3n) is 3.39. The lowest BCUT2D eigenvalue weighted by Crippen LogP contribution is -2.47. The molecule has 1 aliphatic heterocycles. The number of carbonyl (C=O) groups excluding carboxylic acids is 1. The second-order valence-corrected chi connectivity index (χ2v) is 6.13. The van der Waals surface area contributed by atoms with Crippen LogP contribution in [0.4, 0.5) is 18.9 Å². The lowest BCUT2D eigenvalue weighted by molar-refractivity contribution is -0.0885. The molecule has 3 nitrogen and oxygen atoms in total. The summed E-state index contributed by atoms with van der Waals surface area (Å²) in [6.45, 7) is 3.04. The smallest absolute Gasteiger partial charge is 0.369 e. The van der Waals surface area contributed by atoms with Crippen LogP contribution in [0.3, 0.4) is 0 Å². The number of Topliss-reactive ketones (excluding diaryl/α,β-unsaturated/α-hetero) is 1. The maximum absolute atomic E-state index is 12.3. The number of ketones is 1. The first kappa shape index (κ1) is 16.5. The van der Waals surface area contributed by atoms with Crippen LogP contribution in [-0.2, 0) is 0 Å². The van der Waals surface area contributed by atoms with Gasteiger partial charge in [0, 0.05) is 37.4 Å². The maximum atomic E-state index is 12.3. The minimum atomic E-state index is -4.83. The minimum absolute atomic E-state index is 0.112. The van der Waals surface area contributed by atoms with E-state index in [4.69, 9.17) is 0 Å². The van der Waals surface area contributed by atoms with E-state index in [9.17, 15) is 18.0 Å². The molecular formula is C13H15F3N2OS2. The Labute approximate surface area is 131 Å². The summed E-state index contributed by atoms with van der Waals surface area (Å²) in [6.07, 6.45) is -4.83. The van der Waals surface area contributed by atoms with Crippen molar-refractivity contribution in [3.8, 4) is 0 Å². The molecule has 1 aromatic carbocycles. The summed E-state index contributed by atoms with van der Waals surface area (Å²) in [5, 5.41) is 0. The van der Waals surface area contributed by atoms with Gasteiger partial charge in [-0.2, -0.15) is 13.2 Å². The first-order chi connectivity index (χ1) is 9.79. The zero-order valence-corrected chi connectivity index (χ0v) is 12.8. The molecule has 0 radical (unpaired) electrons. The van der Waals surface area contributed by atoms with Crippen molar-refractivity contribution in [1.82, 2.24) is 4.90 Å². The van der Waals surface area contributed by atoms with Crippen LogP contribution in [-0.4, -0.2) is 47.7 Å². The number of hydrogen-bond acceptors (Lipinski definition) is 5. The number of thiol groups is 2. The van der Waals surface area contributed by atoms with Crippen molar-refractivity contribution in [3.05, 3.63) is 29.8 Å². The zero-order chi connectivity index (χ0) is 15.6. The van der Waals surface area contributed by atoms with Crippen molar-refractivity contribution >= 4 is 36.7 Å². The van der Waals surface area contributed by atoms with Gasteiger partial charge in [0.2, 0.25) is 0 Å². The van der Waals surface area contributed by atoms with Crippen LogP contribution in [0.1, 0.15) is 10.4 Å². The highest BCUT2D eigenvalue weighted by Crippen LogP contribution is 2.24. The van der Waals surface area contributed by atoms with Crippen LogP contribution >= 0.6 is 25.3 Å². The first-order valence-electron chi connectivity index (χ1n) is 6.36. The van der Waals surface area contributed by atoms with Crippen LogP contribution < -0.4 is 4.90 Å². The topological polar surface area (TPSA) is 23.6 Å². The molecule has 1 fully saturated rings. The van der Waals surface area contributed by atoms with Gasteiger partial charge in [-0.05, 0) is 24.3 Å². The number of nitrogens with zero attached hydrogens (tertiary/aromatic N) is 2. The molecule has 0 spiro atoms. The Morgan fingerprint density at radius 2 is 1.57 bits per heavy atom. The van der Waals surface area contributed by atoms with E-state index in [-0.39, 0.29) is 10.3 Å². The minimum Gasteiger partial charge on any atom is -0.369 e. The van der Waals surface area contributed by atoms with Crippen LogP contribution in [0.2, 0.25) is 0 Å². The predicted molar refractivity (Wildman–Crippen MR) is 82.4 cm³/mol. The van der Waals surface area contributed by atoms with E-state index in [0.717, 1.165) is 31.9 Å². The summed E-state index contributed by atoms with van der Waals surface area (Å²) in [5.74, 6) is -1.81. The van der Waals surface area contributed by atoms with Gasteiger partial charge >= 0.3 is 6.18 Å². The zero-order valence-electron chi connectivity index (χ0n) is 11.0. The average Bonchev–Trinajstić information content (AvgIpc) is 2.46. The number of hydrogen-bond donors (Lipinski definition) is 2. The maximum Gasteiger partial charge on any atom is 0.454 e. The highest BCUT2D eigenvalue weighted by atomic mass is 32.2. The molecule has 0 amide bonds. The van der Waals surface area contributed by atoms with Gasteiger partial charge in [0.05, 0.1) is 4.71 Å². The van der Waals surface area contributed by atoms with Crippen LogP contribution in [0.5, 0.6) is 0 Å². The van der Waals surface area contributed by atoms with E-state index in [2.05, 4.69) is 35.1 Å². The molecule has 1 aromatic rings. The molecule has 0 aromatic heterocycles. The Hall–Kier alpha value is -0.860. The Morgan fingerprint density at radius 3 is 2.00 bits per heavy atom. The van der Waals surface area contributed by atoms with Crippen molar-refractivity contribution in [1.29, 1.82) is 0 Å². The predicted octanol–water partition coefficient (Wildman–Crippen LogP) is 2.70. The van der Waals surface area contributed by atoms with E-state index in [1.165, 1.54) is 12.1 Å². The van der Waals surface area contributed by atoms with Crippen LogP contribution in [0.25, 0.3) is 0 Å². The van der Waals surface area contributed by atoms with Crippen molar-refractivity contribution in [2.24, 2.45) is 0 Å². The van der Waals surface area contributed by atoms with Gasteiger partial charge in [-0.3, -0.25) is 9.69 Å². The van der Waals surface area contributed by atoms with Crippen LogP contribution in [0, 0.1) is 0 Å². The SMILES string of the molecule is O=C(c1ccc(N2CCN(C(S)S)CC2)cc1)C(F)(F)F. The fourth-order valence-corrected chi connectivity index (χ4v) is 2.66. The highest BCUT2D eigenvalue weighted by molar-refractivity contribution is 7.99. The quantitative estimate of drug-likeness (QED) is 0.504. The molecule has 1 heterocycles. The van der Waals surface area contributed by atoms with Gasteiger partial charge < -0.3 is 4.90 Å². The second kappa shape index (κ2) is 6.50. The normalized spacial score (nSPS) is 17.3. The molecule has 2 rings (SSSR count). The number of anilines is 1. The lowest BCUT2D eigenvalue weighted by atomic mass is 10.1. The number of rotatable bonds is 3. The molecule has 0 saturated carbocycles. The van der Waals surface area contributed by atoms with Gasteiger partial charge in [0.15, 0.2) is 0 Å². The van der Waals surface area contributed by atoms with Gasteiger partial charge in [0.25, 0.3) is 5.78 Å². The second-order valence-electron chi connectivity index (χ2n) is 4.74. The van der Waals surface area contributed by atoms with Crippen LogP contribution in [0.15, 0.2) is 24.3 Å². The molecule has 21 heavy (non-hydrogen) atoms. The molecule has 8 heteroatoms. The molecule has 0 aliphatic carbocycles. The van der Waals surface area contributed by atoms with E-state index in [1.54, 1.807) is 12.1 Å². The molecule has 0 atom stereocenters. The van der Waals surface area contributed by atoms with Gasteiger partial charge in [-0.1, -0.05) is 0 Å². The molecule has 1 aliphatic rings. The third-order valence-corrected chi connectivity index (χ3v) is 4.05. The van der Waals surface area contributed by atoms with Crippen molar-refractivity contribution in [2.75, 3.05) is 31.1 Å². The Balaban J connectivity index is 2.02. The number of benzene rings is 1. The third kappa shape index (κ3) is 4.08. The van der Waals surface area contributed by atoms with E-state index in [1.807, 2.05) is 0 Å². The Morgan fingerprint density at radius 1 is 1.05 bits per heavy atom. The van der Waals surface area contributed by atoms with Crippen molar-refractivity contribution < 1.29 is 18.0 Å². The van der Waals surface area contributed by atoms with Crippen molar-refractivity contribution in [3.63, 3.8) is 0 Å². The van der Waals surface area contributed by atoms with Gasteiger partial charge in [-0.25, -0.2) is 0 Å². The summed E-state index contributed by atoms with van der Waals surface area (Å²) in [7, 11) is 0. The fourth-order valence-electron chi connectivity index (χ4n) is 2.20. The molecule has 1 saturated heterocycles. The van der Waals surface area contributed by atoms with Crippen molar-refractivity contribution in [2.45, 2.75) is 10.9 Å². The summed E-state index contributed by atoms with van der Waals surface area (Å²) in [4.78, 5) is 15.3. The largest absolute Gasteiger partial charge is 0.454 e. The summed E-state index contributed by atoms with van der Waals surface area (Å²) in [5.41, 5.74) is 0.471. The summed E-state index contributed by atoms with van der Waals surface area (Å²) in [6, 6.07) is 5.54. The summed E-state index contributed by atoms with van der Waals surface area (Å²) >= 11 is 8.50. The fraction of sp³-hybridized carbons (Fsp3) is 0.462. The average molecular weight is 336 g/mol. The molecule has 0 N–H and O–H groups in total. The molecule has 0 bridgehead atoms. The summed E-state index contributed by atoms with van der Waals surface area (Å²) < 4.78 is 36.9. The Kier molecular flexibility index (Phi) is 5.11. The number of halogens is 3. The molecule has 0 unspecified atom stereocenters. The monoisotopic (exact) mass is 336 g/mol. The van der Waals surface area contributed by atoms with Gasteiger partial charge in [0.1, 0.15) is 0 Å². The molecular weight excluding hydrogens is 321 g/mol. The Bertz CT molecular complexity index is 497. The number of carbonyl (C=O) groups is 1. The highest BCUT2D eigenvalue weighted by Gasteiger charge is 2.39. The molecule has 116 valence electrons. The van der Waals surface area contributed by atoms with E-state index < -0.39 is 12.0 Å². The lowest BCUT2D eigenvalue weighted by Gasteiger charge is -2.37. The first-order valence-corrected chi connectivity index (χ1v) is 7.39. The van der Waals surface area contributed by atoms with E-state index in [0.29, 0.717) is 0 Å². The van der Waals surface area contributed by atoms with E-state index >= 15 is 0 Å². The van der Waals surface area contributed by atoms with Gasteiger partial charge in [-0.15, -0.1) is 25.3 Å². The number of alkyl halides is 3. The number of piperazine rings is 1.